The van der Waals surface area contributed by atoms with Crippen LogP contribution in [-0.2, 0) is 0 Å². The Labute approximate surface area is 125 Å². The van der Waals surface area contributed by atoms with E-state index in [0.29, 0.717) is 5.65 Å². The van der Waals surface area contributed by atoms with Crippen molar-refractivity contribution in [3.05, 3.63) is 70.3 Å². The van der Waals surface area contributed by atoms with Crippen LogP contribution >= 0.6 is 0 Å². The quantitative estimate of drug-likeness (QED) is 0.708. The second-order valence-electron chi connectivity index (χ2n) is 4.88. The van der Waals surface area contributed by atoms with E-state index < -0.39 is 11.5 Å². The number of nitrogens with zero attached hydrogens (tertiary/aromatic N) is 2. The molecule has 0 saturated heterocycles. The summed E-state index contributed by atoms with van der Waals surface area (Å²) in [6.45, 7) is 1.85. The maximum absolute atomic E-state index is 12.4. The van der Waals surface area contributed by atoms with E-state index in [-0.39, 0.29) is 17.0 Å². The number of fused-ring (bicyclic) bond motifs is 1. The molecule has 0 spiro atoms. The van der Waals surface area contributed by atoms with Gasteiger partial charge in [0, 0.05) is 12.4 Å². The van der Waals surface area contributed by atoms with Gasteiger partial charge in [-0.25, -0.2) is 4.98 Å². The number of nitrogens with one attached hydrogen (secondary N) is 1. The maximum Gasteiger partial charge on any atom is 0.270 e. The van der Waals surface area contributed by atoms with Crippen molar-refractivity contribution < 1.29 is 9.90 Å². The highest BCUT2D eigenvalue weighted by atomic mass is 16.3. The third kappa shape index (κ3) is 2.42. The van der Waals surface area contributed by atoms with Crippen LogP contribution in [-0.4, -0.2) is 20.4 Å². The zero-order valence-electron chi connectivity index (χ0n) is 11.8. The average Bonchev–Trinajstić information content (AvgIpc) is 2.50. The number of benzene rings is 1. The van der Waals surface area contributed by atoms with Crippen LogP contribution in [0.5, 0.6) is 5.75 Å². The lowest BCUT2D eigenvalue weighted by molar-refractivity contribution is 0.102. The topological polar surface area (TPSA) is 83.7 Å². The van der Waals surface area contributed by atoms with E-state index in [9.17, 15) is 14.7 Å². The van der Waals surface area contributed by atoms with Crippen molar-refractivity contribution in [3.63, 3.8) is 0 Å². The molecule has 6 heteroatoms. The summed E-state index contributed by atoms with van der Waals surface area (Å²) in [4.78, 5) is 28.7. The van der Waals surface area contributed by atoms with Crippen molar-refractivity contribution in [1.29, 1.82) is 0 Å². The van der Waals surface area contributed by atoms with Crippen LogP contribution in [0, 0.1) is 6.92 Å². The molecule has 0 aliphatic carbocycles. The first-order valence-corrected chi connectivity index (χ1v) is 6.63. The second kappa shape index (κ2) is 5.33. The van der Waals surface area contributed by atoms with Gasteiger partial charge in [-0.2, -0.15) is 0 Å². The summed E-state index contributed by atoms with van der Waals surface area (Å²) in [5.41, 5.74) is 1.04. The van der Waals surface area contributed by atoms with E-state index in [0.717, 1.165) is 5.56 Å². The van der Waals surface area contributed by atoms with E-state index in [1.807, 2.05) is 13.0 Å². The maximum atomic E-state index is 12.4. The fraction of sp³-hybridized carbons (Fsp3) is 0.0625. The minimum absolute atomic E-state index is 0.0689. The molecule has 0 aliphatic heterocycles. The second-order valence-corrected chi connectivity index (χ2v) is 4.88. The van der Waals surface area contributed by atoms with E-state index >= 15 is 0 Å². The van der Waals surface area contributed by atoms with Crippen LogP contribution in [0.2, 0.25) is 0 Å². The standard InChI is InChI=1S/C16H13N3O3/c1-10-6-7-14-17-8-11(16(22)19(14)9-10)15(21)18-12-4-2-3-5-13(12)20/h2-9,20H,1H3,(H,18,21). The highest BCUT2D eigenvalue weighted by molar-refractivity contribution is 6.04. The summed E-state index contributed by atoms with van der Waals surface area (Å²) >= 11 is 0. The number of phenolic OH excluding ortho intramolecular Hbond substituents is 1. The summed E-state index contributed by atoms with van der Waals surface area (Å²) in [7, 11) is 0. The lowest BCUT2D eigenvalue weighted by atomic mass is 10.2. The lowest BCUT2D eigenvalue weighted by Crippen LogP contribution is -2.26. The zero-order chi connectivity index (χ0) is 15.7. The number of pyridine rings is 1. The molecule has 1 amide bonds. The molecule has 0 saturated carbocycles. The fourth-order valence-corrected chi connectivity index (χ4v) is 2.11. The number of carbonyl (C=O) groups is 1. The first-order chi connectivity index (χ1) is 10.6. The summed E-state index contributed by atoms with van der Waals surface area (Å²) in [6, 6.07) is 9.85. The molecule has 1 aromatic carbocycles. The third-order valence-corrected chi connectivity index (χ3v) is 3.25. The van der Waals surface area contributed by atoms with Gasteiger partial charge >= 0.3 is 0 Å². The summed E-state index contributed by atoms with van der Waals surface area (Å²) in [5.74, 6) is -0.685. The van der Waals surface area contributed by atoms with Gasteiger partial charge in [0.2, 0.25) is 0 Å². The number of aromatic nitrogens is 2. The Morgan fingerprint density at radius 1 is 1.23 bits per heavy atom. The van der Waals surface area contributed by atoms with Crippen molar-refractivity contribution in [2.45, 2.75) is 6.92 Å². The van der Waals surface area contributed by atoms with Crippen LogP contribution in [0.15, 0.2) is 53.6 Å². The van der Waals surface area contributed by atoms with Crippen molar-refractivity contribution >= 4 is 17.2 Å². The number of carbonyl (C=O) groups excluding carboxylic acids is 1. The third-order valence-electron chi connectivity index (χ3n) is 3.25. The van der Waals surface area contributed by atoms with Gasteiger partial charge in [0.15, 0.2) is 0 Å². The van der Waals surface area contributed by atoms with E-state index in [4.69, 9.17) is 0 Å². The number of phenols is 1. The Morgan fingerprint density at radius 3 is 2.77 bits per heavy atom. The van der Waals surface area contributed by atoms with Crippen LogP contribution in [0.1, 0.15) is 15.9 Å². The predicted molar refractivity (Wildman–Crippen MR) is 82.3 cm³/mol. The minimum Gasteiger partial charge on any atom is -0.506 e. The molecule has 3 aromatic rings. The number of amides is 1. The van der Waals surface area contributed by atoms with Crippen molar-refractivity contribution in [1.82, 2.24) is 9.38 Å². The normalized spacial score (nSPS) is 10.6. The van der Waals surface area contributed by atoms with E-state index in [2.05, 4.69) is 10.3 Å². The first-order valence-electron chi connectivity index (χ1n) is 6.63. The molecule has 2 N–H and O–H groups in total. The highest BCUT2D eigenvalue weighted by Crippen LogP contribution is 2.21. The number of hydrogen-bond acceptors (Lipinski definition) is 4. The van der Waals surface area contributed by atoms with Crippen molar-refractivity contribution in [2.75, 3.05) is 5.32 Å². The summed E-state index contributed by atoms with van der Waals surface area (Å²) in [5, 5.41) is 12.2. The van der Waals surface area contributed by atoms with E-state index in [1.54, 1.807) is 30.5 Å². The number of anilines is 1. The number of aromatic hydroxyl groups is 1. The summed E-state index contributed by atoms with van der Waals surface area (Å²) in [6.07, 6.45) is 2.86. The molecule has 110 valence electrons. The number of para-hydroxylation sites is 2. The van der Waals surface area contributed by atoms with Gasteiger partial charge in [-0.15, -0.1) is 0 Å². The Kier molecular flexibility index (Phi) is 3.34. The molecular weight excluding hydrogens is 282 g/mol. The molecule has 0 aliphatic rings. The Morgan fingerprint density at radius 2 is 2.00 bits per heavy atom. The van der Waals surface area contributed by atoms with E-state index in [1.165, 1.54) is 16.7 Å². The van der Waals surface area contributed by atoms with Crippen molar-refractivity contribution in [3.8, 4) is 5.75 Å². The molecule has 0 unspecified atom stereocenters. The van der Waals surface area contributed by atoms with Crippen LogP contribution in [0.3, 0.4) is 0 Å². The zero-order valence-corrected chi connectivity index (χ0v) is 11.8. The van der Waals surface area contributed by atoms with Gasteiger partial charge in [-0.1, -0.05) is 18.2 Å². The summed E-state index contributed by atoms with van der Waals surface area (Å²) < 4.78 is 1.33. The monoisotopic (exact) mass is 295 g/mol. The fourth-order valence-electron chi connectivity index (χ4n) is 2.11. The molecular formula is C16H13N3O3. The first kappa shape index (κ1) is 13.8. The highest BCUT2D eigenvalue weighted by Gasteiger charge is 2.14. The van der Waals surface area contributed by atoms with Crippen LogP contribution in [0.4, 0.5) is 5.69 Å². The lowest BCUT2D eigenvalue weighted by Gasteiger charge is -2.07. The number of aryl methyl sites for hydroxylation is 1. The Hall–Kier alpha value is -3.15. The molecule has 0 fully saturated rings. The SMILES string of the molecule is Cc1ccc2ncc(C(=O)Nc3ccccc3O)c(=O)n2c1. The van der Waals surface area contributed by atoms with Gasteiger partial charge in [-0.05, 0) is 30.7 Å². The predicted octanol–water partition coefficient (Wildman–Crippen LogP) is 1.96. The molecule has 6 nitrogen and oxygen atoms in total. The van der Waals surface area contributed by atoms with Gasteiger partial charge in [0.1, 0.15) is 17.0 Å². The molecule has 0 radical (unpaired) electrons. The number of rotatable bonds is 2. The minimum atomic E-state index is -0.616. The van der Waals surface area contributed by atoms with Gasteiger partial charge in [0.25, 0.3) is 11.5 Å². The van der Waals surface area contributed by atoms with Crippen molar-refractivity contribution in [2.24, 2.45) is 0 Å². The molecule has 2 heterocycles. The average molecular weight is 295 g/mol. The molecule has 22 heavy (non-hydrogen) atoms. The molecule has 0 bridgehead atoms. The van der Waals surface area contributed by atoms with Gasteiger partial charge in [0.05, 0.1) is 5.69 Å². The Bertz CT molecular complexity index is 931. The molecule has 3 rings (SSSR count). The Balaban J connectivity index is 2.03. The number of hydrogen-bond donors (Lipinski definition) is 2. The van der Waals surface area contributed by atoms with Crippen LogP contribution < -0.4 is 10.9 Å². The largest absolute Gasteiger partial charge is 0.506 e. The smallest absolute Gasteiger partial charge is 0.270 e. The molecule has 0 atom stereocenters. The van der Waals surface area contributed by atoms with Gasteiger partial charge < -0.3 is 10.4 Å². The van der Waals surface area contributed by atoms with Gasteiger partial charge in [-0.3, -0.25) is 14.0 Å². The van der Waals surface area contributed by atoms with Crippen LogP contribution in [0.25, 0.3) is 5.65 Å². The molecule has 2 aromatic heterocycles.